The summed E-state index contributed by atoms with van der Waals surface area (Å²) in [6, 6.07) is 0. The molecule has 0 radical (unpaired) electrons. The molecule has 1 atom stereocenters. The Bertz CT molecular complexity index is 575. The second-order valence-corrected chi connectivity index (χ2v) is 8.13. The fraction of sp³-hybridized carbons (Fsp3) is 0.786. The van der Waals surface area contributed by atoms with Crippen molar-refractivity contribution in [2.24, 2.45) is 5.92 Å². The van der Waals surface area contributed by atoms with Gasteiger partial charge in [-0.3, -0.25) is 4.79 Å². The van der Waals surface area contributed by atoms with Crippen molar-refractivity contribution in [3.05, 3.63) is 10.0 Å². The van der Waals surface area contributed by atoms with E-state index < -0.39 is 23.5 Å². The van der Waals surface area contributed by atoms with Crippen LogP contribution in [-0.2, 0) is 5.41 Å². The van der Waals surface area contributed by atoms with Crippen molar-refractivity contribution in [1.82, 2.24) is 15.1 Å². The van der Waals surface area contributed by atoms with Crippen LogP contribution in [0.3, 0.4) is 0 Å². The molecule has 1 fully saturated rings. The van der Waals surface area contributed by atoms with E-state index in [-0.39, 0.29) is 23.4 Å². The second-order valence-electron chi connectivity index (χ2n) is 7.16. The largest absolute Gasteiger partial charge is 0.394 e. The van der Waals surface area contributed by atoms with E-state index in [9.17, 15) is 18.0 Å². The molecule has 1 aromatic heterocycles. The monoisotopic (exact) mass is 335 g/mol. The van der Waals surface area contributed by atoms with Crippen molar-refractivity contribution in [3.63, 3.8) is 0 Å². The Morgan fingerprint density at radius 3 is 2.27 bits per heavy atom. The molecule has 1 aliphatic heterocycles. The topological polar surface area (TPSA) is 46.1 Å². The molecule has 1 amide bonds. The van der Waals surface area contributed by atoms with Crippen molar-refractivity contribution >= 4 is 17.2 Å². The van der Waals surface area contributed by atoms with Crippen LogP contribution < -0.4 is 0 Å². The number of nitrogens with zero attached hydrogens (tertiary/aromatic N) is 3. The maximum atomic E-state index is 13.1. The molecule has 1 aliphatic rings. The maximum absolute atomic E-state index is 13.1. The third kappa shape index (κ3) is 2.98. The molecule has 4 nitrogen and oxygen atoms in total. The Kier molecular flexibility index (Phi) is 4.04. The van der Waals surface area contributed by atoms with Gasteiger partial charge in [0.15, 0.2) is 0 Å². The average Bonchev–Trinajstić information content (AvgIpc) is 2.90. The molecular formula is C14H20F3N3OS. The fourth-order valence-corrected chi connectivity index (χ4v) is 3.59. The summed E-state index contributed by atoms with van der Waals surface area (Å²) in [6.07, 6.45) is -4.39. The van der Waals surface area contributed by atoms with Gasteiger partial charge in [-0.2, -0.15) is 13.2 Å². The van der Waals surface area contributed by atoms with E-state index in [4.69, 9.17) is 0 Å². The number of hydrogen-bond donors (Lipinski definition) is 0. The summed E-state index contributed by atoms with van der Waals surface area (Å²) in [5.41, 5.74) is -1.52. The second kappa shape index (κ2) is 5.18. The van der Waals surface area contributed by atoms with Gasteiger partial charge in [0.25, 0.3) is 5.91 Å². The van der Waals surface area contributed by atoms with Crippen LogP contribution in [0.2, 0.25) is 0 Å². The van der Waals surface area contributed by atoms with Crippen LogP contribution in [0, 0.1) is 5.92 Å². The molecule has 0 saturated carbocycles. The van der Waals surface area contributed by atoms with Gasteiger partial charge in [-0.1, -0.05) is 32.1 Å². The van der Waals surface area contributed by atoms with E-state index in [1.54, 1.807) is 0 Å². The number of aromatic nitrogens is 2. The fourth-order valence-electron chi connectivity index (χ4n) is 2.74. The van der Waals surface area contributed by atoms with E-state index in [2.05, 4.69) is 10.2 Å². The zero-order valence-electron chi connectivity index (χ0n) is 13.3. The smallest absolute Gasteiger partial charge is 0.331 e. The minimum absolute atomic E-state index is 0.0762. The van der Waals surface area contributed by atoms with Crippen LogP contribution >= 0.6 is 11.3 Å². The first-order valence-corrected chi connectivity index (χ1v) is 7.89. The van der Waals surface area contributed by atoms with E-state index in [1.165, 1.54) is 18.7 Å². The highest BCUT2D eigenvalue weighted by Crippen LogP contribution is 2.45. The standard InChI is InChI=1S/C14H20F3N3OS/c1-12(2,3)11-19-18-9(22-11)10(21)20-7-6-8(13(20,4)5)14(15,16)17/h8H,6-7H2,1-5H3. The lowest BCUT2D eigenvalue weighted by atomic mass is 9.88. The molecule has 124 valence electrons. The number of halogens is 3. The Morgan fingerprint density at radius 2 is 1.86 bits per heavy atom. The summed E-state index contributed by atoms with van der Waals surface area (Å²) >= 11 is 1.15. The summed E-state index contributed by atoms with van der Waals surface area (Å²) in [6.45, 7) is 8.84. The van der Waals surface area contributed by atoms with Crippen molar-refractivity contribution in [1.29, 1.82) is 0 Å². The highest BCUT2D eigenvalue weighted by atomic mass is 32.1. The first kappa shape index (κ1) is 17.2. The quantitative estimate of drug-likeness (QED) is 0.787. The van der Waals surface area contributed by atoms with Crippen molar-refractivity contribution < 1.29 is 18.0 Å². The molecule has 0 bridgehead atoms. The van der Waals surface area contributed by atoms with Crippen LogP contribution in [-0.4, -0.2) is 39.3 Å². The van der Waals surface area contributed by atoms with E-state index in [1.807, 2.05) is 20.8 Å². The Balaban J connectivity index is 2.26. The lowest BCUT2D eigenvalue weighted by Crippen LogP contribution is -2.49. The minimum atomic E-state index is -4.31. The molecule has 1 saturated heterocycles. The molecule has 22 heavy (non-hydrogen) atoms. The maximum Gasteiger partial charge on any atom is 0.394 e. The summed E-state index contributed by atoms with van der Waals surface area (Å²) in [5, 5.41) is 8.72. The van der Waals surface area contributed by atoms with Gasteiger partial charge in [0, 0.05) is 17.5 Å². The third-order valence-corrected chi connectivity index (χ3v) is 5.42. The summed E-state index contributed by atoms with van der Waals surface area (Å²) in [7, 11) is 0. The van der Waals surface area contributed by atoms with Crippen LogP contribution in [0.1, 0.15) is 55.8 Å². The van der Waals surface area contributed by atoms with Gasteiger partial charge in [0.1, 0.15) is 5.01 Å². The molecule has 0 spiro atoms. The first-order chi connectivity index (χ1) is 9.85. The van der Waals surface area contributed by atoms with Crippen molar-refractivity contribution in [2.75, 3.05) is 6.54 Å². The molecule has 8 heteroatoms. The molecule has 0 aliphatic carbocycles. The number of carbonyl (C=O) groups excluding carboxylic acids is 1. The van der Waals surface area contributed by atoms with E-state index in [0.29, 0.717) is 5.01 Å². The Labute approximate surface area is 131 Å². The van der Waals surface area contributed by atoms with Gasteiger partial charge in [0.2, 0.25) is 5.01 Å². The molecule has 0 aromatic carbocycles. The van der Waals surface area contributed by atoms with E-state index in [0.717, 1.165) is 11.3 Å². The zero-order valence-corrected chi connectivity index (χ0v) is 14.1. The van der Waals surface area contributed by atoms with Gasteiger partial charge in [0.05, 0.1) is 5.92 Å². The van der Waals surface area contributed by atoms with Gasteiger partial charge in [-0.15, -0.1) is 10.2 Å². The third-order valence-electron chi connectivity index (χ3n) is 4.08. The molecule has 0 N–H and O–H groups in total. The first-order valence-electron chi connectivity index (χ1n) is 7.08. The zero-order chi connectivity index (χ0) is 16.9. The Morgan fingerprint density at radius 1 is 1.27 bits per heavy atom. The molecule has 2 heterocycles. The SMILES string of the molecule is CC(C)(C)c1nnc(C(=O)N2CCC(C(F)(F)F)C2(C)C)s1. The molecular weight excluding hydrogens is 315 g/mol. The average molecular weight is 335 g/mol. The highest BCUT2D eigenvalue weighted by molar-refractivity contribution is 7.13. The lowest BCUT2D eigenvalue weighted by molar-refractivity contribution is -0.189. The summed E-state index contributed by atoms with van der Waals surface area (Å²) < 4.78 is 39.3. The molecule has 2 rings (SSSR count). The normalized spacial score (nSPS) is 22.2. The van der Waals surface area contributed by atoms with Crippen molar-refractivity contribution in [2.45, 2.75) is 58.2 Å². The highest BCUT2D eigenvalue weighted by Gasteiger charge is 2.56. The Hall–Kier alpha value is -1.18. The number of hydrogen-bond acceptors (Lipinski definition) is 4. The number of amides is 1. The minimum Gasteiger partial charge on any atom is -0.331 e. The predicted molar refractivity (Wildman–Crippen MR) is 77.9 cm³/mol. The number of alkyl halides is 3. The van der Waals surface area contributed by atoms with Crippen LogP contribution in [0.25, 0.3) is 0 Å². The van der Waals surface area contributed by atoms with Gasteiger partial charge >= 0.3 is 6.18 Å². The predicted octanol–water partition coefficient (Wildman–Crippen LogP) is 3.64. The molecule has 1 unspecified atom stereocenters. The van der Waals surface area contributed by atoms with Crippen molar-refractivity contribution in [3.8, 4) is 0 Å². The van der Waals surface area contributed by atoms with Gasteiger partial charge < -0.3 is 4.90 Å². The molecule has 1 aromatic rings. The number of rotatable bonds is 1. The summed E-state index contributed by atoms with van der Waals surface area (Å²) in [5.74, 6) is -1.98. The van der Waals surface area contributed by atoms with Crippen LogP contribution in [0.15, 0.2) is 0 Å². The summed E-state index contributed by atoms with van der Waals surface area (Å²) in [4.78, 5) is 13.8. The van der Waals surface area contributed by atoms with E-state index >= 15 is 0 Å². The lowest BCUT2D eigenvalue weighted by Gasteiger charge is -2.36. The number of likely N-dealkylation sites (tertiary alicyclic amines) is 1. The van der Waals surface area contributed by atoms with Crippen LogP contribution in [0.4, 0.5) is 13.2 Å². The van der Waals surface area contributed by atoms with Crippen LogP contribution in [0.5, 0.6) is 0 Å². The van der Waals surface area contributed by atoms with Gasteiger partial charge in [-0.25, -0.2) is 0 Å². The number of carbonyl (C=O) groups is 1. The van der Waals surface area contributed by atoms with Gasteiger partial charge in [-0.05, 0) is 20.3 Å².